The summed E-state index contributed by atoms with van der Waals surface area (Å²) in [6, 6.07) is 6.77. The zero-order chi connectivity index (χ0) is 19.4. The minimum Gasteiger partial charge on any atom is -0.496 e. The first kappa shape index (κ1) is 19.9. The summed E-state index contributed by atoms with van der Waals surface area (Å²) in [6.45, 7) is 9.24. The van der Waals surface area contributed by atoms with E-state index in [9.17, 15) is 5.11 Å². The fourth-order valence-electron chi connectivity index (χ4n) is 4.05. The largest absolute Gasteiger partial charge is 0.496 e. The number of methoxy groups -OCH3 is 1. The van der Waals surface area contributed by atoms with Crippen molar-refractivity contribution in [3.8, 4) is 5.75 Å². The average Bonchev–Trinajstić information content (AvgIpc) is 2.95. The lowest BCUT2D eigenvalue weighted by molar-refractivity contribution is 0.0498. The van der Waals surface area contributed by atoms with E-state index in [2.05, 4.69) is 47.1 Å². The number of aryl methyl sites for hydroxylation is 3. The summed E-state index contributed by atoms with van der Waals surface area (Å²) in [5, 5.41) is 14.0. The number of aliphatic hydroxyl groups excluding tert-OH is 1. The van der Waals surface area contributed by atoms with Crippen molar-refractivity contribution in [2.24, 2.45) is 7.05 Å². The molecule has 0 radical (unpaired) electrons. The van der Waals surface area contributed by atoms with Crippen LogP contribution >= 0.6 is 0 Å². The van der Waals surface area contributed by atoms with Gasteiger partial charge in [-0.1, -0.05) is 12.1 Å². The summed E-state index contributed by atoms with van der Waals surface area (Å²) in [5.74, 6) is 0.933. The van der Waals surface area contributed by atoms with Gasteiger partial charge in [0.05, 0.1) is 12.8 Å². The number of aromatic nitrogens is 2. The summed E-state index contributed by atoms with van der Waals surface area (Å²) < 4.78 is 7.26. The molecule has 1 aromatic heterocycles. The number of nitrogens with zero attached hydrogens (tertiary/aromatic N) is 4. The van der Waals surface area contributed by atoms with Crippen LogP contribution in [-0.4, -0.2) is 64.1 Å². The highest BCUT2D eigenvalue weighted by Gasteiger charge is 2.27. The highest BCUT2D eigenvalue weighted by molar-refractivity contribution is 5.36. The first-order chi connectivity index (χ1) is 13.0. The number of ether oxygens (including phenoxy) is 1. The normalized spacial score (nSPS) is 18.8. The number of hydrogen-bond acceptors (Lipinski definition) is 5. The maximum absolute atomic E-state index is 9.56. The molecule has 1 fully saturated rings. The number of hydrogen-bond donors (Lipinski definition) is 1. The molecule has 0 amide bonds. The lowest BCUT2D eigenvalue weighted by Crippen LogP contribution is -2.52. The maximum Gasteiger partial charge on any atom is 0.121 e. The molecule has 27 heavy (non-hydrogen) atoms. The SMILES string of the molecule is COc1ccc(CN2CCN(Cc3cn(C)nc3C)C[C@H]2CCO)cc1C. The topological polar surface area (TPSA) is 53.8 Å². The molecule has 6 nitrogen and oxygen atoms in total. The third kappa shape index (κ3) is 4.89. The van der Waals surface area contributed by atoms with E-state index < -0.39 is 0 Å². The number of aliphatic hydroxyl groups is 1. The third-order valence-electron chi connectivity index (χ3n) is 5.51. The second-order valence-electron chi connectivity index (χ2n) is 7.59. The Hall–Kier alpha value is -1.89. The van der Waals surface area contributed by atoms with Crippen molar-refractivity contribution >= 4 is 0 Å². The molecule has 1 N–H and O–H groups in total. The summed E-state index contributed by atoms with van der Waals surface area (Å²) in [4.78, 5) is 4.99. The Morgan fingerprint density at radius 3 is 2.67 bits per heavy atom. The molecule has 0 saturated carbocycles. The van der Waals surface area contributed by atoms with Crippen LogP contribution in [0.4, 0.5) is 0 Å². The zero-order valence-electron chi connectivity index (χ0n) is 17.0. The standard InChI is InChI=1S/C21H32N4O2/c1-16-11-18(5-6-21(16)27-4)12-25-9-8-24(15-20(25)7-10-26)14-19-13-23(3)22-17(19)2/h5-6,11,13,20,26H,7-10,12,14-15H2,1-4H3/t20-/m1/s1. The molecule has 0 aliphatic carbocycles. The van der Waals surface area contributed by atoms with Gasteiger partial charge in [0.2, 0.25) is 0 Å². The number of piperazine rings is 1. The van der Waals surface area contributed by atoms with Crippen LogP contribution in [0.3, 0.4) is 0 Å². The van der Waals surface area contributed by atoms with E-state index in [0.717, 1.165) is 50.6 Å². The van der Waals surface area contributed by atoms with Crippen molar-refractivity contribution in [3.05, 3.63) is 46.8 Å². The Morgan fingerprint density at radius 2 is 2.04 bits per heavy atom. The highest BCUT2D eigenvalue weighted by Crippen LogP contribution is 2.22. The van der Waals surface area contributed by atoms with Crippen LogP contribution in [0, 0.1) is 13.8 Å². The summed E-state index contributed by atoms with van der Waals surface area (Å²) in [7, 11) is 3.68. The molecule has 0 unspecified atom stereocenters. The minimum absolute atomic E-state index is 0.225. The van der Waals surface area contributed by atoms with Crippen LogP contribution in [0.1, 0.15) is 28.8 Å². The monoisotopic (exact) mass is 372 g/mol. The van der Waals surface area contributed by atoms with Gasteiger partial charge in [0, 0.05) is 64.2 Å². The lowest BCUT2D eigenvalue weighted by atomic mass is 10.0. The van der Waals surface area contributed by atoms with Gasteiger partial charge in [-0.3, -0.25) is 14.5 Å². The van der Waals surface area contributed by atoms with Crippen molar-refractivity contribution < 1.29 is 9.84 Å². The molecular weight excluding hydrogens is 340 g/mol. The van der Waals surface area contributed by atoms with Crippen molar-refractivity contribution in [2.45, 2.75) is 39.4 Å². The van der Waals surface area contributed by atoms with Gasteiger partial charge in [-0.05, 0) is 37.5 Å². The van der Waals surface area contributed by atoms with Crippen LogP contribution < -0.4 is 4.74 Å². The molecule has 2 aromatic rings. The van der Waals surface area contributed by atoms with Gasteiger partial charge in [-0.2, -0.15) is 5.10 Å². The molecule has 1 atom stereocenters. The van der Waals surface area contributed by atoms with Gasteiger partial charge in [0.15, 0.2) is 0 Å². The van der Waals surface area contributed by atoms with Gasteiger partial charge in [0.1, 0.15) is 5.75 Å². The Labute approximate surface area is 162 Å². The molecule has 1 aliphatic rings. The molecule has 1 aliphatic heterocycles. The van der Waals surface area contributed by atoms with E-state index >= 15 is 0 Å². The smallest absolute Gasteiger partial charge is 0.121 e. The fourth-order valence-corrected chi connectivity index (χ4v) is 4.05. The molecule has 148 valence electrons. The van der Waals surface area contributed by atoms with Crippen LogP contribution in [0.2, 0.25) is 0 Å². The molecule has 0 bridgehead atoms. The van der Waals surface area contributed by atoms with E-state index in [1.54, 1.807) is 7.11 Å². The first-order valence-corrected chi connectivity index (χ1v) is 9.70. The molecule has 2 heterocycles. The Bertz CT molecular complexity index is 759. The van der Waals surface area contributed by atoms with E-state index in [-0.39, 0.29) is 6.61 Å². The molecule has 6 heteroatoms. The Morgan fingerprint density at radius 1 is 1.22 bits per heavy atom. The fraction of sp³-hybridized carbons (Fsp3) is 0.571. The third-order valence-corrected chi connectivity index (χ3v) is 5.51. The first-order valence-electron chi connectivity index (χ1n) is 9.70. The lowest BCUT2D eigenvalue weighted by Gasteiger charge is -2.41. The maximum atomic E-state index is 9.56. The van der Waals surface area contributed by atoms with E-state index in [0.29, 0.717) is 6.04 Å². The van der Waals surface area contributed by atoms with Gasteiger partial charge in [0.25, 0.3) is 0 Å². The Balaban J connectivity index is 1.65. The summed E-state index contributed by atoms with van der Waals surface area (Å²) in [5.41, 5.74) is 4.86. The van der Waals surface area contributed by atoms with Crippen molar-refractivity contribution in [2.75, 3.05) is 33.4 Å². The second kappa shape index (κ2) is 8.87. The number of benzene rings is 1. The van der Waals surface area contributed by atoms with Crippen LogP contribution in [-0.2, 0) is 20.1 Å². The summed E-state index contributed by atoms with van der Waals surface area (Å²) >= 11 is 0. The predicted octanol–water partition coefficient (Wildman–Crippen LogP) is 2.11. The van der Waals surface area contributed by atoms with Crippen LogP contribution in [0.25, 0.3) is 0 Å². The number of rotatable bonds is 7. The molecule has 1 saturated heterocycles. The van der Waals surface area contributed by atoms with Crippen molar-refractivity contribution in [1.29, 1.82) is 0 Å². The van der Waals surface area contributed by atoms with Crippen molar-refractivity contribution in [1.82, 2.24) is 19.6 Å². The average molecular weight is 373 g/mol. The predicted molar refractivity (Wildman–Crippen MR) is 107 cm³/mol. The van der Waals surface area contributed by atoms with Crippen molar-refractivity contribution in [3.63, 3.8) is 0 Å². The van der Waals surface area contributed by atoms with Gasteiger partial charge in [-0.15, -0.1) is 0 Å². The van der Waals surface area contributed by atoms with Gasteiger partial charge < -0.3 is 9.84 Å². The van der Waals surface area contributed by atoms with Crippen LogP contribution in [0.5, 0.6) is 5.75 Å². The molecule has 0 spiro atoms. The minimum atomic E-state index is 0.225. The molecule has 1 aromatic carbocycles. The Kier molecular flexibility index (Phi) is 6.52. The van der Waals surface area contributed by atoms with E-state index in [1.165, 1.54) is 16.7 Å². The molecular formula is C21H32N4O2. The van der Waals surface area contributed by atoms with Gasteiger partial charge >= 0.3 is 0 Å². The quantitative estimate of drug-likeness (QED) is 0.807. The van der Waals surface area contributed by atoms with E-state index in [4.69, 9.17) is 4.74 Å². The second-order valence-corrected chi connectivity index (χ2v) is 7.59. The van der Waals surface area contributed by atoms with E-state index in [1.807, 2.05) is 17.8 Å². The highest BCUT2D eigenvalue weighted by atomic mass is 16.5. The molecule has 3 rings (SSSR count). The van der Waals surface area contributed by atoms with Crippen LogP contribution in [0.15, 0.2) is 24.4 Å². The summed E-state index contributed by atoms with van der Waals surface area (Å²) in [6.07, 6.45) is 2.92. The zero-order valence-corrected chi connectivity index (χ0v) is 17.0. The van der Waals surface area contributed by atoms with Gasteiger partial charge in [-0.25, -0.2) is 0 Å².